The van der Waals surface area contributed by atoms with Crippen LogP contribution in [0.1, 0.15) is 33.0 Å². The van der Waals surface area contributed by atoms with Crippen LogP contribution in [0.25, 0.3) is 0 Å². The molecule has 0 saturated carbocycles. The third-order valence-electron chi connectivity index (χ3n) is 3.47. The number of carboxylic acids is 1. The van der Waals surface area contributed by atoms with Crippen LogP contribution < -0.4 is 5.32 Å². The Morgan fingerprint density at radius 2 is 2.04 bits per heavy atom. The van der Waals surface area contributed by atoms with E-state index in [4.69, 9.17) is 9.84 Å². The quantitative estimate of drug-likeness (QED) is 0.764. The summed E-state index contributed by atoms with van der Waals surface area (Å²) in [6.07, 6.45) is 0.849. The number of carbonyl (C=O) groups excluding carboxylic acids is 1. The Labute approximate surface area is 144 Å². The Kier molecular flexibility index (Phi) is 6.45. The van der Waals surface area contributed by atoms with Crippen molar-refractivity contribution in [3.05, 3.63) is 51.5 Å². The molecule has 0 aliphatic carbocycles. The summed E-state index contributed by atoms with van der Waals surface area (Å²) >= 11 is 1.39. The first-order chi connectivity index (χ1) is 11.5. The molecule has 6 nitrogen and oxygen atoms in total. The van der Waals surface area contributed by atoms with Crippen LogP contribution in [0.2, 0.25) is 0 Å². The molecule has 0 bridgehead atoms. The van der Waals surface area contributed by atoms with Crippen LogP contribution in [-0.4, -0.2) is 41.7 Å². The van der Waals surface area contributed by atoms with Gasteiger partial charge in [-0.05, 0) is 12.5 Å². The second kappa shape index (κ2) is 8.56. The number of rotatable bonds is 8. The van der Waals surface area contributed by atoms with E-state index in [1.165, 1.54) is 24.0 Å². The molecule has 1 unspecified atom stereocenters. The smallest absolute Gasteiger partial charge is 0.326 e. The highest BCUT2D eigenvalue weighted by atomic mass is 32.1. The average molecular weight is 348 g/mol. The summed E-state index contributed by atoms with van der Waals surface area (Å²) < 4.78 is 4.86. The van der Waals surface area contributed by atoms with Gasteiger partial charge in [0, 0.05) is 31.9 Å². The molecule has 0 spiro atoms. The van der Waals surface area contributed by atoms with Crippen LogP contribution in [0.3, 0.4) is 0 Å². The van der Waals surface area contributed by atoms with E-state index in [9.17, 15) is 9.59 Å². The predicted molar refractivity (Wildman–Crippen MR) is 91.5 cm³/mol. The van der Waals surface area contributed by atoms with Crippen LogP contribution >= 0.6 is 11.3 Å². The summed E-state index contributed by atoms with van der Waals surface area (Å²) in [4.78, 5) is 27.6. The number of ether oxygens (including phenoxy) is 1. The lowest BCUT2D eigenvalue weighted by molar-refractivity contribution is -0.139. The maximum atomic E-state index is 12.2. The summed E-state index contributed by atoms with van der Waals surface area (Å²) in [7, 11) is 1.48. The summed E-state index contributed by atoms with van der Waals surface area (Å²) in [5.41, 5.74) is 2.55. The lowest BCUT2D eigenvalue weighted by Crippen LogP contribution is -2.41. The molecule has 0 aliphatic rings. The van der Waals surface area contributed by atoms with Gasteiger partial charge in [-0.15, -0.1) is 11.3 Å². The minimum absolute atomic E-state index is 0.206. The van der Waals surface area contributed by atoms with E-state index in [2.05, 4.69) is 10.3 Å². The van der Waals surface area contributed by atoms with Crippen molar-refractivity contribution in [3.8, 4) is 0 Å². The van der Waals surface area contributed by atoms with Gasteiger partial charge < -0.3 is 15.2 Å². The third-order valence-corrected chi connectivity index (χ3v) is 4.32. The van der Waals surface area contributed by atoms with Crippen molar-refractivity contribution in [2.75, 3.05) is 13.7 Å². The Morgan fingerprint density at radius 3 is 2.67 bits per heavy atom. The maximum absolute atomic E-state index is 12.2. The first-order valence-electron chi connectivity index (χ1n) is 7.52. The first kappa shape index (κ1) is 18.1. The molecular formula is C17H20N2O4S. The highest BCUT2D eigenvalue weighted by Gasteiger charge is 2.21. The zero-order valence-corrected chi connectivity index (χ0v) is 14.4. The zero-order chi connectivity index (χ0) is 17.5. The minimum atomic E-state index is -1.09. The van der Waals surface area contributed by atoms with Crippen LogP contribution in [-0.2, 0) is 16.0 Å². The number of benzene rings is 1. The number of aliphatic carboxylic acids is 1. The molecule has 1 aromatic carbocycles. The Balaban J connectivity index is 1.99. The van der Waals surface area contributed by atoms with Crippen molar-refractivity contribution in [2.24, 2.45) is 0 Å². The van der Waals surface area contributed by atoms with E-state index in [1.54, 1.807) is 5.38 Å². The topological polar surface area (TPSA) is 88.5 Å². The third kappa shape index (κ3) is 5.14. The molecule has 0 radical (unpaired) electrons. The highest BCUT2D eigenvalue weighted by molar-refractivity contribution is 7.09. The molecule has 128 valence electrons. The van der Waals surface area contributed by atoms with Crippen LogP contribution in [0, 0.1) is 6.92 Å². The van der Waals surface area contributed by atoms with Gasteiger partial charge in [0.05, 0.1) is 5.01 Å². The van der Waals surface area contributed by atoms with Crippen LogP contribution in [0.15, 0.2) is 29.6 Å². The van der Waals surface area contributed by atoms with Gasteiger partial charge in [-0.1, -0.05) is 29.8 Å². The van der Waals surface area contributed by atoms with Gasteiger partial charge in [0.15, 0.2) is 0 Å². The second-order valence-electron chi connectivity index (χ2n) is 5.43. The lowest BCUT2D eigenvalue weighted by Gasteiger charge is -2.12. The number of methoxy groups -OCH3 is 1. The van der Waals surface area contributed by atoms with E-state index in [0.717, 1.165) is 10.6 Å². The number of aryl methyl sites for hydroxylation is 1. The normalized spacial score (nSPS) is 11.9. The molecule has 0 saturated heterocycles. The molecule has 0 aliphatic heterocycles. The van der Waals surface area contributed by atoms with E-state index in [0.29, 0.717) is 6.42 Å². The molecule has 2 N–H and O–H groups in total. The van der Waals surface area contributed by atoms with Gasteiger partial charge in [-0.2, -0.15) is 0 Å². The molecule has 24 heavy (non-hydrogen) atoms. The van der Waals surface area contributed by atoms with Crippen molar-refractivity contribution >= 4 is 23.2 Å². The standard InChI is InChI=1S/C17H20N2O4S/c1-11-3-5-12(6-4-11)9-15-18-14(10-24-15)16(20)19-13(17(21)22)7-8-23-2/h3-6,10,13H,7-9H2,1-2H3,(H,19,20)(H,21,22). The fourth-order valence-electron chi connectivity index (χ4n) is 2.10. The number of thiazole rings is 1. The maximum Gasteiger partial charge on any atom is 0.326 e. The fourth-order valence-corrected chi connectivity index (χ4v) is 2.91. The number of hydrogen-bond donors (Lipinski definition) is 2. The van der Waals surface area contributed by atoms with Gasteiger partial charge in [-0.3, -0.25) is 4.79 Å². The van der Waals surface area contributed by atoms with Crippen molar-refractivity contribution in [1.82, 2.24) is 10.3 Å². The van der Waals surface area contributed by atoms with Crippen molar-refractivity contribution < 1.29 is 19.4 Å². The Bertz CT molecular complexity index is 697. The largest absolute Gasteiger partial charge is 0.480 e. The number of carbonyl (C=O) groups is 2. The van der Waals surface area contributed by atoms with E-state index >= 15 is 0 Å². The Hall–Kier alpha value is -2.25. The summed E-state index contributed by atoms with van der Waals surface area (Å²) in [5.74, 6) is -1.57. The SMILES string of the molecule is COCCC(NC(=O)c1csc(Cc2ccc(C)cc2)n1)C(=O)O. The fraction of sp³-hybridized carbons (Fsp3) is 0.353. The van der Waals surface area contributed by atoms with E-state index in [1.807, 2.05) is 31.2 Å². The molecule has 1 atom stereocenters. The predicted octanol–water partition coefficient (Wildman–Crippen LogP) is 2.26. The number of nitrogens with one attached hydrogen (secondary N) is 1. The number of aromatic nitrogens is 1. The second-order valence-corrected chi connectivity index (χ2v) is 6.38. The number of nitrogens with zero attached hydrogens (tertiary/aromatic N) is 1. The number of hydrogen-bond acceptors (Lipinski definition) is 5. The van der Waals surface area contributed by atoms with Gasteiger partial charge in [0.2, 0.25) is 0 Å². The molecule has 1 amide bonds. The molecule has 1 heterocycles. The molecular weight excluding hydrogens is 328 g/mol. The summed E-state index contributed by atoms with van der Waals surface area (Å²) in [5, 5.41) is 14.1. The molecule has 1 aromatic heterocycles. The first-order valence-corrected chi connectivity index (χ1v) is 8.40. The molecule has 7 heteroatoms. The lowest BCUT2D eigenvalue weighted by atomic mass is 10.1. The monoisotopic (exact) mass is 348 g/mol. The van der Waals surface area contributed by atoms with E-state index < -0.39 is 17.9 Å². The zero-order valence-electron chi connectivity index (χ0n) is 13.6. The summed E-state index contributed by atoms with van der Waals surface area (Å²) in [6.45, 7) is 2.28. The van der Waals surface area contributed by atoms with Crippen LogP contribution in [0.5, 0.6) is 0 Å². The Morgan fingerprint density at radius 1 is 1.33 bits per heavy atom. The van der Waals surface area contributed by atoms with E-state index in [-0.39, 0.29) is 18.7 Å². The molecule has 2 rings (SSSR count). The highest BCUT2D eigenvalue weighted by Crippen LogP contribution is 2.15. The molecule has 2 aromatic rings. The van der Waals surface area contributed by atoms with Gasteiger partial charge in [-0.25, -0.2) is 9.78 Å². The minimum Gasteiger partial charge on any atom is -0.480 e. The van der Waals surface area contributed by atoms with Crippen LogP contribution in [0.4, 0.5) is 0 Å². The van der Waals surface area contributed by atoms with Gasteiger partial charge in [0.1, 0.15) is 11.7 Å². The van der Waals surface area contributed by atoms with Crippen molar-refractivity contribution in [3.63, 3.8) is 0 Å². The van der Waals surface area contributed by atoms with Crippen molar-refractivity contribution in [1.29, 1.82) is 0 Å². The average Bonchev–Trinajstić information content (AvgIpc) is 3.02. The summed E-state index contributed by atoms with van der Waals surface area (Å²) in [6, 6.07) is 7.14. The molecule has 0 fully saturated rings. The van der Waals surface area contributed by atoms with Gasteiger partial charge in [0.25, 0.3) is 5.91 Å². The number of carboxylic acid groups (broad SMARTS) is 1. The number of amides is 1. The van der Waals surface area contributed by atoms with Crippen molar-refractivity contribution in [2.45, 2.75) is 25.8 Å². The van der Waals surface area contributed by atoms with Gasteiger partial charge >= 0.3 is 5.97 Å².